The van der Waals surface area contributed by atoms with Gasteiger partial charge in [0.15, 0.2) is 5.76 Å². The molecule has 2 fully saturated rings. The number of aliphatic hydroxyl groups is 1. The van der Waals surface area contributed by atoms with Crippen LogP contribution >= 0.6 is 0 Å². The van der Waals surface area contributed by atoms with E-state index >= 15 is 0 Å². The lowest BCUT2D eigenvalue weighted by Gasteiger charge is -2.41. The van der Waals surface area contributed by atoms with Gasteiger partial charge in [-0.25, -0.2) is 4.39 Å². The summed E-state index contributed by atoms with van der Waals surface area (Å²) in [4.78, 5) is 16.9. The van der Waals surface area contributed by atoms with Gasteiger partial charge in [0.2, 0.25) is 5.91 Å². The molecule has 4 rings (SSSR count). The Morgan fingerprint density at radius 3 is 2.77 bits per heavy atom. The summed E-state index contributed by atoms with van der Waals surface area (Å²) in [6.07, 6.45) is 1.86. The summed E-state index contributed by atoms with van der Waals surface area (Å²) in [7, 11) is 0. The molecule has 1 aromatic carbocycles. The molecule has 2 aliphatic rings. The highest BCUT2D eigenvalue weighted by molar-refractivity contribution is 5.83. The van der Waals surface area contributed by atoms with Crippen molar-refractivity contribution >= 4 is 5.91 Å². The third-order valence-electron chi connectivity index (χ3n) is 5.29. The van der Waals surface area contributed by atoms with E-state index in [0.717, 1.165) is 30.6 Å². The molecule has 0 spiro atoms. The molecule has 0 saturated carbocycles. The number of aromatic nitrogens is 1. The van der Waals surface area contributed by atoms with Crippen molar-refractivity contribution in [3.05, 3.63) is 53.2 Å². The third-order valence-corrected chi connectivity index (χ3v) is 5.29. The number of carbonyl (C=O) groups excluding carboxylic acids is 1. The van der Waals surface area contributed by atoms with E-state index in [9.17, 15) is 9.18 Å². The molecule has 0 radical (unpaired) electrons. The average Bonchev–Trinajstić information content (AvgIpc) is 3.25. The average molecular weight is 359 g/mol. The van der Waals surface area contributed by atoms with Crippen molar-refractivity contribution in [3.8, 4) is 0 Å². The fourth-order valence-electron chi connectivity index (χ4n) is 3.77. The van der Waals surface area contributed by atoms with Crippen LogP contribution in [0.4, 0.5) is 4.39 Å². The maximum Gasteiger partial charge on any atom is 0.239 e. The van der Waals surface area contributed by atoms with E-state index in [2.05, 4.69) is 10.1 Å². The normalized spacial score (nSPS) is 21.2. The zero-order valence-electron chi connectivity index (χ0n) is 14.5. The highest BCUT2D eigenvalue weighted by Crippen LogP contribution is 2.30. The van der Waals surface area contributed by atoms with E-state index in [-0.39, 0.29) is 30.3 Å². The minimum atomic E-state index is -0.244. The fourth-order valence-corrected chi connectivity index (χ4v) is 3.77. The highest BCUT2D eigenvalue weighted by atomic mass is 19.1. The van der Waals surface area contributed by atoms with E-state index in [1.165, 1.54) is 12.1 Å². The van der Waals surface area contributed by atoms with Crippen LogP contribution in [-0.4, -0.2) is 51.6 Å². The lowest BCUT2D eigenvalue weighted by Crippen LogP contribution is -2.54. The number of likely N-dealkylation sites (tertiary alicyclic amines) is 2. The third kappa shape index (κ3) is 3.37. The zero-order valence-corrected chi connectivity index (χ0v) is 14.5. The van der Waals surface area contributed by atoms with Gasteiger partial charge in [0, 0.05) is 31.6 Å². The van der Waals surface area contributed by atoms with Crippen LogP contribution in [0, 0.1) is 5.82 Å². The molecule has 1 unspecified atom stereocenters. The van der Waals surface area contributed by atoms with Gasteiger partial charge in [-0.15, -0.1) is 0 Å². The Morgan fingerprint density at radius 1 is 1.31 bits per heavy atom. The summed E-state index contributed by atoms with van der Waals surface area (Å²) in [5, 5.41) is 13.0. The van der Waals surface area contributed by atoms with E-state index in [1.807, 2.05) is 4.90 Å². The molecule has 3 heterocycles. The van der Waals surface area contributed by atoms with E-state index in [0.29, 0.717) is 25.4 Å². The first-order chi connectivity index (χ1) is 12.6. The van der Waals surface area contributed by atoms with Crippen LogP contribution in [0.3, 0.4) is 0 Å². The van der Waals surface area contributed by atoms with Crippen LogP contribution in [0.25, 0.3) is 0 Å². The van der Waals surface area contributed by atoms with Crippen molar-refractivity contribution in [2.45, 2.75) is 38.0 Å². The largest absolute Gasteiger partial charge is 0.388 e. The Kier molecular flexibility index (Phi) is 4.74. The SMILES string of the molecule is O=C(C1CCCN1Cc1ccc(F)cc1)N1CC(c2cc(CO)on2)C1. The molecule has 2 saturated heterocycles. The van der Waals surface area contributed by atoms with Gasteiger partial charge in [-0.05, 0) is 37.1 Å². The number of hydrogen-bond acceptors (Lipinski definition) is 5. The first-order valence-corrected chi connectivity index (χ1v) is 8.97. The number of nitrogens with zero attached hydrogens (tertiary/aromatic N) is 3. The quantitative estimate of drug-likeness (QED) is 0.883. The first kappa shape index (κ1) is 17.2. The van der Waals surface area contributed by atoms with Crippen molar-refractivity contribution in [1.29, 1.82) is 0 Å². The van der Waals surface area contributed by atoms with Gasteiger partial charge in [-0.2, -0.15) is 0 Å². The first-order valence-electron chi connectivity index (χ1n) is 8.97. The van der Waals surface area contributed by atoms with Gasteiger partial charge in [0.25, 0.3) is 0 Å². The molecule has 7 heteroatoms. The van der Waals surface area contributed by atoms with Crippen LogP contribution in [0.2, 0.25) is 0 Å². The number of rotatable bonds is 5. The van der Waals surface area contributed by atoms with E-state index < -0.39 is 0 Å². The summed E-state index contributed by atoms with van der Waals surface area (Å²) in [6.45, 7) is 2.66. The maximum atomic E-state index is 13.1. The number of carbonyl (C=O) groups is 1. The lowest BCUT2D eigenvalue weighted by atomic mass is 9.95. The van der Waals surface area contributed by atoms with Crippen molar-refractivity contribution in [2.24, 2.45) is 0 Å². The van der Waals surface area contributed by atoms with Gasteiger partial charge < -0.3 is 14.5 Å². The summed E-state index contributed by atoms with van der Waals surface area (Å²) in [5.41, 5.74) is 1.82. The molecule has 138 valence electrons. The number of hydrogen-bond donors (Lipinski definition) is 1. The summed E-state index contributed by atoms with van der Waals surface area (Å²) >= 11 is 0. The van der Waals surface area contributed by atoms with E-state index in [1.54, 1.807) is 18.2 Å². The minimum Gasteiger partial charge on any atom is -0.388 e. The predicted octanol–water partition coefficient (Wildman–Crippen LogP) is 1.90. The second-order valence-electron chi connectivity index (χ2n) is 7.07. The molecular formula is C19H22FN3O3. The topological polar surface area (TPSA) is 69.8 Å². The standard InChI is InChI=1S/C19H22FN3O3/c20-15-5-3-13(4-6-15)9-22-7-1-2-18(22)19(25)23-10-14(11-23)17-8-16(12-24)26-21-17/h3-6,8,14,18,24H,1-2,7,9-12H2. The molecule has 1 amide bonds. The monoisotopic (exact) mass is 359 g/mol. The molecule has 26 heavy (non-hydrogen) atoms. The molecule has 1 N–H and O–H groups in total. The highest BCUT2D eigenvalue weighted by Gasteiger charge is 2.40. The Hall–Kier alpha value is -2.25. The molecule has 2 aromatic rings. The second kappa shape index (κ2) is 7.17. The van der Waals surface area contributed by atoms with Crippen molar-refractivity contribution < 1.29 is 18.8 Å². The van der Waals surface area contributed by atoms with E-state index in [4.69, 9.17) is 9.63 Å². The Bertz CT molecular complexity index is 771. The van der Waals surface area contributed by atoms with Crippen molar-refractivity contribution in [1.82, 2.24) is 15.0 Å². The summed E-state index contributed by atoms with van der Waals surface area (Å²) in [5.74, 6) is 0.541. The number of halogens is 1. The molecule has 1 aromatic heterocycles. The Morgan fingerprint density at radius 2 is 2.08 bits per heavy atom. The molecular weight excluding hydrogens is 337 g/mol. The maximum absolute atomic E-state index is 13.1. The zero-order chi connectivity index (χ0) is 18.1. The molecule has 0 aliphatic carbocycles. The fraction of sp³-hybridized carbons (Fsp3) is 0.474. The van der Waals surface area contributed by atoms with Gasteiger partial charge in [-0.3, -0.25) is 9.69 Å². The van der Waals surface area contributed by atoms with Crippen molar-refractivity contribution in [2.75, 3.05) is 19.6 Å². The molecule has 1 atom stereocenters. The van der Waals surface area contributed by atoms with Gasteiger partial charge in [0.1, 0.15) is 12.4 Å². The van der Waals surface area contributed by atoms with Crippen LogP contribution in [0.15, 0.2) is 34.9 Å². The number of amides is 1. The van der Waals surface area contributed by atoms with Crippen LogP contribution in [0.1, 0.15) is 35.8 Å². The number of benzene rings is 1. The van der Waals surface area contributed by atoms with Gasteiger partial charge in [0.05, 0.1) is 11.7 Å². The molecule has 0 bridgehead atoms. The van der Waals surface area contributed by atoms with Crippen LogP contribution in [0.5, 0.6) is 0 Å². The van der Waals surface area contributed by atoms with Crippen molar-refractivity contribution in [3.63, 3.8) is 0 Å². The van der Waals surface area contributed by atoms with Gasteiger partial charge in [-0.1, -0.05) is 17.3 Å². The minimum absolute atomic E-state index is 0.105. The second-order valence-corrected chi connectivity index (χ2v) is 7.07. The summed E-state index contributed by atoms with van der Waals surface area (Å²) in [6, 6.07) is 8.12. The molecule has 2 aliphatic heterocycles. The lowest BCUT2D eigenvalue weighted by molar-refractivity contribution is -0.140. The Balaban J connectivity index is 1.34. The smallest absolute Gasteiger partial charge is 0.239 e. The van der Waals surface area contributed by atoms with Crippen LogP contribution < -0.4 is 0 Å². The Labute approximate surface area is 151 Å². The van der Waals surface area contributed by atoms with Crippen LogP contribution in [-0.2, 0) is 17.9 Å². The number of aliphatic hydroxyl groups excluding tert-OH is 1. The summed E-state index contributed by atoms with van der Waals surface area (Å²) < 4.78 is 18.1. The predicted molar refractivity (Wildman–Crippen MR) is 91.6 cm³/mol. The van der Waals surface area contributed by atoms with Gasteiger partial charge >= 0.3 is 0 Å². The molecule has 6 nitrogen and oxygen atoms in total.